The molecule has 0 fully saturated rings. The molecule has 18 heavy (non-hydrogen) atoms. The van der Waals surface area contributed by atoms with Gasteiger partial charge in [0.05, 0.1) is 0 Å². The summed E-state index contributed by atoms with van der Waals surface area (Å²) in [6.45, 7) is 6.49. The molecule has 0 spiro atoms. The number of alkyl halides is 1. The van der Waals surface area contributed by atoms with Gasteiger partial charge in [0, 0.05) is 5.50 Å². The lowest BCUT2D eigenvalue weighted by Gasteiger charge is -2.17. The van der Waals surface area contributed by atoms with Crippen LogP contribution in [0, 0.1) is 20.8 Å². The SMILES string of the molecule is Cc1ccc([Si](CCl)c2cccc(C)c2C)cc1. The number of aryl methyl sites for hydroxylation is 2. The van der Waals surface area contributed by atoms with Crippen molar-refractivity contribution in [2.75, 3.05) is 5.50 Å². The van der Waals surface area contributed by atoms with Crippen molar-refractivity contribution in [2.24, 2.45) is 0 Å². The van der Waals surface area contributed by atoms with Crippen LogP contribution in [0.4, 0.5) is 0 Å². The first-order chi connectivity index (χ1) is 8.63. The summed E-state index contributed by atoms with van der Waals surface area (Å²) in [6, 6.07) is 15.4. The zero-order chi connectivity index (χ0) is 13.1. The second-order valence-electron chi connectivity index (χ2n) is 4.73. The van der Waals surface area contributed by atoms with Crippen LogP contribution < -0.4 is 10.4 Å². The first kappa shape index (κ1) is 13.4. The highest BCUT2D eigenvalue weighted by Gasteiger charge is 2.18. The van der Waals surface area contributed by atoms with E-state index in [1.807, 2.05) is 0 Å². The van der Waals surface area contributed by atoms with Crippen LogP contribution in [-0.2, 0) is 0 Å². The van der Waals surface area contributed by atoms with Crippen molar-refractivity contribution < 1.29 is 0 Å². The molecule has 0 unspecified atom stereocenters. The molecule has 0 bridgehead atoms. The maximum Gasteiger partial charge on any atom is 0.136 e. The van der Waals surface area contributed by atoms with E-state index in [-0.39, 0.29) is 0 Å². The quantitative estimate of drug-likeness (QED) is 0.596. The fraction of sp³-hybridized carbons (Fsp3) is 0.250. The molecular formula is C16H18ClSi. The summed E-state index contributed by atoms with van der Waals surface area (Å²) in [7, 11) is -0.842. The largest absolute Gasteiger partial charge is 0.136 e. The average Bonchev–Trinajstić information content (AvgIpc) is 2.37. The van der Waals surface area contributed by atoms with Crippen molar-refractivity contribution >= 4 is 30.8 Å². The Balaban J connectivity index is 2.45. The van der Waals surface area contributed by atoms with Crippen LogP contribution in [0.25, 0.3) is 0 Å². The third kappa shape index (κ3) is 2.68. The first-order valence-electron chi connectivity index (χ1n) is 6.19. The minimum atomic E-state index is -0.842. The van der Waals surface area contributed by atoms with Gasteiger partial charge < -0.3 is 0 Å². The Morgan fingerprint density at radius 3 is 2.22 bits per heavy atom. The molecule has 0 aromatic heterocycles. The molecule has 0 aliphatic rings. The van der Waals surface area contributed by atoms with Crippen LogP contribution in [0.2, 0.25) is 0 Å². The van der Waals surface area contributed by atoms with Crippen molar-refractivity contribution in [3.63, 3.8) is 0 Å². The van der Waals surface area contributed by atoms with Gasteiger partial charge in [-0.15, -0.1) is 11.6 Å². The van der Waals surface area contributed by atoms with E-state index in [0.29, 0.717) is 0 Å². The zero-order valence-corrected chi connectivity index (χ0v) is 12.9. The summed E-state index contributed by atoms with van der Waals surface area (Å²) in [6.07, 6.45) is 0. The van der Waals surface area contributed by atoms with Crippen molar-refractivity contribution in [1.29, 1.82) is 0 Å². The molecule has 0 nitrogen and oxygen atoms in total. The normalized spacial score (nSPS) is 10.9. The van der Waals surface area contributed by atoms with Gasteiger partial charge in [-0.25, -0.2) is 0 Å². The topological polar surface area (TPSA) is 0 Å². The molecular weight excluding hydrogens is 256 g/mol. The fourth-order valence-corrected chi connectivity index (χ4v) is 5.16. The van der Waals surface area contributed by atoms with E-state index in [2.05, 4.69) is 63.2 Å². The van der Waals surface area contributed by atoms with Crippen LogP contribution in [0.5, 0.6) is 0 Å². The summed E-state index contributed by atoms with van der Waals surface area (Å²) < 4.78 is 0. The maximum absolute atomic E-state index is 6.25. The molecule has 0 heterocycles. The average molecular weight is 274 g/mol. The predicted octanol–water partition coefficient (Wildman–Crippen LogP) is 3.00. The molecule has 93 valence electrons. The Hall–Kier alpha value is -1.05. The highest BCUT2D eigenvalue weighted by molar-refractivity contribution is 6.89. The molecule has 0 aliphatic heterocycles. The van der Waals surface area contributed by atoms with Gasteiger partial charge in [0.2, 0.25) is 0 Å². The van der Waals surface area contributed by atoms with Crippen molar-refractivity contribution in [1.82, 2.24) is 0 Å². The summed E-state index contributed by atoms with van der Waals surface area (Å²) in [5, 5.41) is 2.84. The lowest BCUT2D eigenvalue weighted by atomic mass is 10.1. The highest BCUT2D eigenvalue weighted by atomic mass is 35.5. The van der Waals surface area contributed by atoms with Gasteiger partial charge in [-0.2, -0.15) is 0 Å². The molecule has 1 radical (unpaired) electrons. The van der Waals surface area contributed by atoms with E-state index in [4.69, 9.17) is 11.6 Å². The van der Waals surface area contributed by atoms with Crippen molar-refractivity contribution in [2.45, 2.75) is 20.8 Å². The summed E-state index contributed by atoms with van der Waals surface area (Å²) in [5.41, 5.74) is 4.77. The lowest BCUT2D eigenvalue weighted by molar-refractivity contribution is 1.36. The van der Waals surface area contributed by atoms with Gasteiger partial charge in [0.15, 0.2) is 0 Å². The minimum Gasteiger partial charge on any atom is -0.130 e. The number of hydrogen-bond acceptors (Lipinski definition) is 0. The second kappa shape index (κ2) is 5.72. The third-order valence-electron chi connectivity index (χ3n) is 3.46. The standard InChI is InChI=1S/C16H18ClSi/c1-12-7-9-15(10-8-12)18(11-17)16-6-4-5-13(2)14(16)3/h4-10H,11H2,1-3H3. The predicted molar refractivity (Wildman–Crippen MR) is 82.8 cm³/mol. The van der Waals surface area contributed by atoms with Gasteiger partial charge in [-0.05, 0) is 31.9 Å². The van der Waals surface area contributed by atoms with E-state index in [1.165, 1.54) is 27.1 Å². The molecule has 2 heteroatoms. The number of halogens is 1. The summed E-state index contributed by atoms with van der Waals surface area (Å²) in [4.78, 5) is 0. The Labute approximate surface area is 116 Å². The zero-order valence-electron chi connectivity index (χ0n) is 11.1. The molecule has 0 saturated carbocycles. The number of benzene rings is 2. The Bertz CT molecular complexity index is 531. The number of rotatable bonds is 3. The Morgan fingerprint density at radius 2 is 1.61 bits per heavy atom. The van der Waals surface area contributed by atoms with E-state index in [9.17, 15) is 0 Å². The minimum absolute atomic E-state index is 0.720. The third-order valence-corrected chi connectivity index (χ3v) is 6.75. The van der Waals surface area contributed by atoms with E-state index in [0.717, 1.165) is 5.50 Å². The first-order valence-corrected chi connectivity index (χ1v) is 8.43. The van der Waals surface area contributed by atoms with Crippen LogP contribution in [0.1, 0.15) is 16.7 Å². The van der Waals surface area contributed by atoms with Crippen LogP contribution >= 0.6 is 11.6 Å². The van der Waals surface area contributed by atoms with Crippen LogP contribution in [0.15, 0.2) is 42.5 Å². The monoisotopic (exact) mass is 273 g/mol. The fourth-order valence-electron chi connectivity index (χ4n) is 2.14. The van der Waals surface area contributed by atoms with Crippen LogP contribution in [0.3, 0.4) is 0 Å². The van der Waals surface area contributed by atoms with Crippen LogP contribution in [-0.4, -0.2) is 14.3 Å². The number of hydrogen-bond donors (Lipinski definition) is 0. The molecule has 2 aromatic carbocycles. The van der Waals surface area contributed by atoms with Gasteiger partial charge in [0.1, 0.15) is 8.80 Å². The molecule has 0 amide bonds. The Morgan fingerprint density at radius 1 is 0.944 bits per heavy atom. The second-order valence-corrected chi connectivity index (χ2v) is 7.87. The Kier molecular flexibility index (Phi) is 4.26. The van der Waals surface area contributed by atoms with Crippen molar-refractivity contribution in [3.05, 3.63) is 59.2 Å². The van der Waals surface area contributed by atoms with Gasteiger partial charge in [-0.3, -0.25) is 0 Å². The maximum atomic E-state index is 6.25. The molecule has 0 aliphatic carbocycles. The van der Waals surface area contributed by atoms with E-state index < -0.39 is 8.80 Å². The summed E-state index contributed by atoms with van der Waals surface area (Å²) in [5.74, 6) is 0. The molecule has 2 rings (SSSR count). The van der Waals surface area contributed by atoms with E-state index in [1.54, 1.807) is 0 Å². The summed E-state index contributed by atoms with van der Waals surface area (Å²) >= 11 is 6.25. The van der Waals surface area contributed by atoms with Gasteiger partial charge in [-0.1, -0.05) is 58.4 Å². The van der Waals surface area contributed by atoms with Crippen molar-refractivity contribution in [3.8, 4) is 0 Å². The van der Waals surface area contributed by atoms with Gasteiger partial charge in [0.25, 0.3) is 0 Å². The molecule has 2 aromatic rings. The smallest absolute Gasteiger partial charge is 0.130 e. The van der Waals surface area contributed by atoms with Gasteiger partial charge >= 0.3 is 0 Å². The highest BCUT2D eigenvalue weighted by Crippen LogP contribution is 2.06. The lowest BCUT2D eigenvalue weighted by Crippen LogP contribution is -2.45. The molecule has 0 atom stereocenters. The molecule has 0 N–H and O–H groups in total. The molecule has 0 saturated heterocycles. The van der Waals surface area contributed by atoms with E-state index >= 15 is 0 Å².